The maximum absolute atomic E-state index is 11.4. The fourth-order valence-corrected chi connectivity index (χ4v) is 1.48. The summed E-state index contributed by atoms with van der Waals surface area (Å²) in [5.41, 5.74) is 3.82. The first-order chi connectivity index (χ1) is 7.07. The first kappa shape index (κ1) is 14.4. The molecule has 0 radical (unpaired) electrons. The predicted octanol–water partition coefficient (Wildman–Crippen LogP) is 1.77. The van der Waals surface area contributed by atoms with Crippen molar-refractivity contribution in [3.8, 4) is 0 Å². The van der Waals surface area contributed by atoms with Crippen LogP contribution in [0.1, 0.15) is 52.9 Å². The highest BCUT2D eigenvalue weighted by Crippen LogP contribution is 2.04. The van der Waals surface area contributed by atoms with E-state index in [4.69, 9.17) is 4.74 Å². The van der Waals surface area contributed by atoms with Crippen molar-refractivity contribution in [3.05, 3.63) is 0 Å². The van der Waals surface area contributed by atoms with Crippen LogP contribution in [-0.2, 0) is 9.53 Å². The summed E-state index contributed by atoms with van der Waals surface area (Å²) in [6, 6.07) is -0.198. The Morgan fingerprint density at radius 1 is 1.27 bits per heavy atom. The molecule has 3 N–H and O–H groups in total. The summed E-state index contributed by atoms with van der Waals surface area (Å²) in [6.45, 7) is 6.91. The summed E-state index contributed by atoms with van der Waals surface area (Å²) in [7, 11) is 0. The van der Waals surface area contributed by atoms with Crippen LogP contribution in [0.3, 0.4) is 0 Å². The molecule has 0 unspecified atom stereocenters. The van der Waals surface area contributed by atoms with Gasteiger partial charge in [-0.15, -0.1) is 0 Å². The van der Waals surface area contributed by atoms with E-state index < -0.39 is 0 Å². The number of quaternary nitrogens is 1. The summed E-state index contributed by atoms with van der Waals surface area (Å²) >= 11 is 0. The highest BCUT2D eigenvalue weighted by atomic mass is 16.5. The standard InChI is InChI=1S/C12H25NO2/c1-4-5-6-7-8-15-12(14)11(13)9-10(2)3/h10-11H,4-9,13H2,1-3H3/p+1/t11-/m0/s1. The molecule has 0 amide bonds. The van der Waals surface area contributed by atoms with Crippen molar-refractivity contribution in [2.75, 3.05) is 6.61 Å². The Kier molecular flexibility index (Phi) is 8.38. The Labute approximate surface area is 93.4 Å². The van der Waals surface area contributed by atoms with Gasteiger partial charge in [-0.3, -0.25) is 0 Å². The minimum absolute atomic E-state index is 0.139. The largest absolute Gasteiger partial charge is 0.461 e. The quantitative estimate of drug-likeness (QED) is 0.496. The Hall–Kier alpha value is -0.570. The molecule has 0 bridgehead atoms. The van der Waals surface area contributed by atoms with Gasteiger partial charge < -0.3 is 10.5 Å². The van der Waals surface area contributed by atoms with Gasteiger partial charge in [0.15, 0.2) is 6.04 Å². The van der Waals surface area contributed by atoms with Crippen LogP contribution in [0.2, 0.25) is 0 Å². The number of unbranched alkanes of at least 4 members (excludes halogenated alkanes) is 3. The van der Waals surface area contributed by atoms with E-state index in [2.05, 4.69) is 26.5 Å². The summed E-state index contributed by atoms with van der Waals surface area (Å²) in [6.07, 6.45) is 5.37. The van der Waals surface area contributed by atoms with Gasteiger partial charge in [0.05, 0.1) is 6.61 Å². The minimum atomic E-state index is -0.198. The molecule has 0 heterocycles. The Morgan fingerprint density at radius 3 is 2.47 bits per heavy atom. The normalized spacial score (nSPS) is 12.9. The van der Waals surface area contributed by atoms with Gasteiger partial charge >= 0.3 is 5.97 Å². The Morgan fingerprint density at radius 2 is 1.93 bits per heavy atom. The number of hydrogen-bond acceptors (Lipinski definition) is 2. The number of esters is 1. The first-order valence-corrected chi connectivity index (χ1v) is 6.07. The van der Waals surface area contributed by atoms with E-state index in [1.807, 2.05) is 0 Å². The van der Waals surface area contributed by atoms with Crippen LogP contribution in [-0.4, -0.2) is 18.6 Å². The van der Waals surface area contributed by atoms with Crippen LogP contribution in [0.5, 0.6) is 0 Å². The summed E-state index contributed by atoms with van der Waals surface area (Å²) in [5, 5.41) is 0. The molecule has 15 heavy (non-hydrogen) atoms. The molecular formula is C12H26NO2+. The number of carbonyl (C=O) groups excluding carboxylic acids is 1. The van der Waals surface area contributed by atoms with Crippen LogP contribution < -0.4 is 5.73 Å². The monoisotopic (exact) mass is 216 g/mol. The molecule has 0 saturated carbocycles. The molecule has 3 heteroatoms. The van der Waals surface area contributed by atoms with E-state index >= 15 is 0 Å². The SMILES string of the molecule is CCCCCCOC(=O)[C@@H]([NH3+])CC(C)C. The Bertz CT molecular complexity index is 169. The van der Waals surface area contributed by atoms with Crippen molar-refractivity contribution in [2.45, 2.75) is 58.9 Å². The molecule has 90 valence electrons. The molecule has 0 saturated heterocycles. The van der Waals surface area contributed by atoms with Crippen molar-refractivity contribution in [2.24, 2.45) is 5.92 Å². The maximum Gasteiger partial charge on any atom is 0.364 e. The average molecular weight is 216 g/mol. The molecule has 0 rings (SSSR count). The van der Waals surface area contributed by atoms with E-state index in [1.54, 1.807) is 0 Å². The summed E-state index contributed by atoms with van der Waals surface area (Å²) in [4.78, 5) is 11.4. The predicted molar refractivity (Wildman–Crippen MR) is 61.2 cm³/mol. The van der Waals surface area contributed by atoms with Crippen molar-refractivity contribution in [1.82, 2.24) is 0 Å². The highest BCUT2D eigenvalue weighted by molar-refractivity contribution is 5.73. The first-order valence-electron chi connectivity index (χ1n) is 6.07. The van der Waals surface area contributed by atoms with Crippen LogP contribution >= 0.6 is 0 Å². The van der Waals surface area contributed by atoms with E-state index in [0.717, 1.165) is 19.3 Å². The van der Waals surface area contributed by atoms with Gasteiger partial charge in [0.25, 0.3) is 0 Å². The molecule has 0 aromatic rings. The van der Waals surface area contributed by atoms with Gasteiger partial charge in [-0.05, 0) is 12.3 Å². The minimum Gasteiger partial charge on any atom is -0.461 e. The molecule has 0 aliphatic carbocycles. The van der Waals surface area contributed by atoms with Gasteiger partial charge in [-0.2, -0.15) is 0 Å². The average Bonchev–Trinajstić information content (AvgIpc) is 2.16. The molecule has 0 aromatic carbocycles. The second kappa shape index (κ2) is 8.72. The molecule has 0 aliphatic rings. The van der Waals surface area contributed by atoms with Crippen molar-refractivity contribution < 1.29 is 15.3 Å². The van der Waals surface area contributed by atoms with Crippen LogP contribution in [0.4, 0.5) is 0 Å². The molecule has 1 atom stereocenters. The van der Waals surface area contributed by atoms with Gasteiger partial charge in [0.2, 0.25) is 0 Å². The van der Waals surface area contributed by atoms with Gasteiger partial charge in [-0.1, -0.05) is 40.0 Å². The lowest BCUT2D eigenvalue weighted by molar-refractivity contribution is -0.411. The van der Waals surface area contributed by atoms with E-state index in [-0.39, 0.29) is 12.0 Å². The zero-order valence-corrected chi connectivity index (χ0v) is 10.4. The Balaban J connectivity index is 3.47. The van der Waals surface area contributed by atoms with Gasteiger partial charge in [0.1, 0.15) is 0 Å². The highest BCUT2D eigenvalue weighted by Gasteiger charge is 2.19. The molecular weight excluding hydrogens is 190 g/mol. The zero-order chi connectivity index (χ0) is 11.7. The van der Waals surface area contributed by atoms with Crippen LogP contribution in [0.25, 0.3) is 0 Å². The number of rotatable bonds is 8. The number of ether oxygens (including phenoxy) is 1. The second-order valence-electron chi connectivity index (χ2n) is 4.55. The molecule has 0 aliphatic heterocycles. The molecule has 0 spiro atoms. The van der Waals surface area contributed by atoms with Gasteiger partial charge in [0, 0.05) is 6.42 Å². The third-order valence-electron chi connectivity index (χ3n) is 2.33. The third-order valence-corrected chi connectivity index (χ3v) is 2.33. The van der Waals surface area contributed by atoms with Gasteiger partial charge in [-0.25, -0.2) is 4.79 Å². The number of carbonyl (C=O) groups is 1. The summed E-state index contributed by atoms with van der Waals surface area (Å²) in [5.74, 6) is 0.361. The smallest absolute Gasteiger partial charge is 0.364 e. The lowest BCUT2D eigenvalue weighted by Crippen LogP contribution is -2.65. The van der Waals surface area contributed by atoms with Crippen LogP contribution in [0, 0.1) is 5.92 Å². The van der Waals surface area contributed by atoms with E-state index in [0.29, 0.717) is 12.5 Å². The maximum atomic E-state index is 11.4. The van der Waals surface area contributed by atoms with Crippen molar-refractivity contribution in [1.29, 1.82) is 0 Å². The van der Waals surface area contributed by atoms with Crippen molar-refractivity contribution >= 4 is 5.97 Å². The zero-order valence-electron chi connectivity index (χ0n) is 10.4. The summed E-state index contributed by atoms with van der Waals surface area (Å²) < 4.78 is 5.15. The molecule has 0 aromatic heterocycles. The second-order valence-corrected chi connectivity index (χ2v) is 4.55. The topological polar surface area (TPSA) is 53.9 Å². The molecule has 0 fully saturated rings. The van der Waals surface area contributed by atoms with Crippen molar-refractivity contribution in [3.63, 3.8) is 0 Å². The molecule has 3 nitrogen and oxygen atoms in total. The van der Waals surface area contributed by atoms with Crippen LogP contribution in [0.15, 0.2) is 0 Å². The fraction of sp³-hybridized carbons (Fsp3) is 0.917. The van der Waals surface area contributed by atoms with E-state index in [9.17, 15) is 4.79 Å². The fourth-order valence-electron chi connectivity index (χ4n) is 1.48. The van der Waals surface area contributed by atoms with E-state index in [1.165, 1.54) is 12.8 Å². The lowest BCUT2D eigenvalue weighted by Gasteiger charge is -2.10. The number of hydrogen-bond donors (Lipinski definition) is 1. The third kappa shape index (κ3) is 8.43. The lowest BCUT2D eigenvalue weighted by atomic mass is 10.1.